The van der Waals surface area contributed by atoms with Crippen LogP contribution in [0.25, 0.3) is 0 Å². The van der Waals surface area contributed by atoms with Crippen molar-refractivity contribution < 1.29 is 14.3 Å². The second kappa shape index (κ2) is 6.79. The fourth-order valence-electron chi connectivity index (χ4n) is 1.02. The number of hydrogen-bond donors (Lipinski definition) is 0. The van der Waals surface area contributed by atoms with Gasteiger partial charge in [-0.3, -0.25) is 0 Å². The molecule has 0 fully saturated rings. The summed E-state index contributed by atoms with van der Waals surface area (Å²) in [4.78, 5) is 11.0. The molecule has 15 heavy (non-hydrogen) atoms. The predicted octanol–water partition coefficient (Wildman–Crippen LogP) is 1.93. The van der Waals surface area contributed by atoms with Crippen LogP contribution in [0.4, 0.5) is 0 Å². The van der Waals surface area contributed by atoms with E-state index in [9.17, 15) is 4.79 Å². The van der Waals surface area contributed by atoms with E-state index in [1.54, 1.807) is 0 Å². The van der Waals surface area contributed by atoms with Crippen molar-refractivity contribution in [3.63, 3.8) is 0 Å². The van der Waals surface area contributed by atoms with E-state index in [1.807, 2.05) is 30.3 Å². The van der Waals surface area contributed by atoms with E-state index in [1.165, 1.54) is 6.08 Å². The van der Waals surface area contributed by atoms with Gasteiger partial charge in [0.2, 0.25) is 0 Å². The monoisotopic (exact) mass is 206 g/mol. The zero-order valence-electron chi connectivity index (χ0n) is 8.52. The summed E-state index contributed by atoms with van der Waals surface area (Å²) in [5, 5.41) is 0. The van der Waals surface area contributed by atoms with Gasteiger partial charge in [0.15, 0.2) is 0 Å². The van der Waals surface area contributed by atoms with Crippen molar-refractivity contribution in [3.8, 4) is 0 Å². The predicted molar refractivity (Wildman–Crippen MR) is 57.3 cm³/mol. The zero-order valence-corrected chi connectivity index (χ0v) is 8.52. The minimum Gasteiger partial charge on any atom is -0.460 e. The van der Waals surface area contributed by atoms with Crippen LogP contribution in [-0.2, 0) is 20.9 Å². The minimum absolute atomic E-state index is 0.0251. The van der Waals surface area contributed by atoms with E-state index in [2.05, 4.69) is 6.58 Å². The second-order valence-corrected chi connectivity index (χ2v) is 2.95. The maximum atomic E-state index is 11.0. The molecule has 0 aliphatic carbocycles. The molecular formula is C12H14O3. The molecule has 0 saturated heterocycles. The molecular weight excluding hydrogens is 192 g/mol. The molecule has 0 aromatic heterocycles. The third kappa shape index (κ3) is 4.98. The summed E-state index contributed by atoms with van der Waals surface area (Å²) in [6, 6.07) is 9.66. The van der Waals surface area contributed by atoms with Crippen LogP contribution in [0.3, 0.4) is 0 Å². The second-order valence-electron chi connectivity index (χ2n) is 2.95. The average molecular weight is 206 g/mol. The SMILES string of the molecule is C=CCOC(=O)COCc1ccccc1. The van der Waals surface area contributed by atoms with Crippen LogP contribution in [0.5, 0.6) is 0 Å². The Labute approximate surface area is 89.3 Å². The first-order valence-electron chi connectivity index (χ1n) is 4.71. The highest BCUT2D eigenvalue weighted by Crippen LogP contribution is 2.00. The van der Waals surface area contributed by atoms with Gasteiger partial charge in [0.1, 0.15) is 13.2 Å². The van der Waals surface area contributed by atoms with E-state index >= 15 is 0 Å². The Morgan fingerprint density at radius 2 is 2.07 bits per heavy atom. The Morgan fingerprint density at radius 1 is 1.33 bits per heavy atom. The van der Waals surface area contributed by atoms with Crippen LogP contribution in [0.1, 0.15) is 5.56 Å². The molecule has 0 heterocycles. The Hall–Kier alpha value is -1.61. The smallest absolute Gasteiger partial charge is 0.332 e. The summed E-state index contributed by atoms with van der Waals surface area (Å²) in [6.07, 6.45) is 1.52. The fraction of sp³-hybridized carbons (Fsp3) is 0.250. The molecule has 3 nitrogen and oxygen atoms in total. The highest BCUT2D eigenvalue weighted by atomic mass is 16.6. The molecule has 0 amide bonds. The highest BCUT2D eigenvalue weighted by Gasteiger charge is 2.01. The van der Waals surface area contributed by atoms with E-state index in [-0.39, 0.29) is 19.2 Å². The maximum Gasteiger partial charge on any atom is 0.332 e. The number of rotatable bonds is 6. The molecule has 80 valence electrons. The summed E-state index contributed by atoms with van der Waals surface area (Å²) in [5.74, 6) is -0.370. The quantitative estimate of drug-likeness (QED) is 0.527. The summed E-state index contributed by atoms with van der Waals surface area (Å²) in [5.41, 5.74) is 1.04. The normalized spacial score (nSPS) is 9.60. The molecule has 0 spiro atoms. The van der Waals surface area contributed by atoms with Crippen molar-refractivity contribution in [2.24, 2.45) is 0 Å². The lowest BCUT2D eigenvalue weighted by Gasteiger charge is -2.03. The lowest BCUT2D eigenvalue weighted by atomic mass is 10.2. The number of benzene rings is 1. The first-order chi connectivity index (χ1) is 7.33. The van der Waals surface area contributed by atoms with E-state index in [4.69, 9.17) is 9.47 Å². The standard InChI is InChI=1S/C12H14O3/c1-2-8-15-12(13)10-14-9-11-6-4-3-5-7-11/h2-7H,1,8-10H2. The maximum absolute atomic E-state index is 11.0. The van der Waals surface area contributed by atoms with Crippen LogP contribution in [-0.4, -0.2) is 19.2 Å². The molecule has 1 aromatic rings. The number of esters is 1. The van der Waals surface area contributed by atoms with Crippen LogP contribution in [0, 0.1) is 0 Å². The van der Waals surface area contributed by atoms with E-state index in [0.717, 1.165) is 5.56 Å². The van der Waals surface area contributed by atoms with Crippen LogP contribution in [0.2, 0.25) is 0 Å². The van der Waals surface area contributed by atoms with Crippen molar-refractivity contribution in [1.82, 2.24) is 0 Å². The van der Waals surface area contributed by atoms with Gasteiger partial charge in [-0.25, -0.2) is 4.79 Å². The van der Waals surface area contributed by atoms with Crippen molar-refractivity contribution in [1.29, 1.82) is 0 Å². The Kier molecular flexibility index (Phi) is 5.19. The molecule has 0 radical (unpaired) electrons. The number of carbonyl (C=O) groups excluding carboxylic acids is 1. The Balaban J connectivity index is 2.16. The molecule has 0 atom stereocenters. The van der Waals surface area contributed by atoms with Crippen molar-refractivity contribution >= 4 is 5.97 Å². The largest absolute Gasteiger partial charge is 0.460 e. The molecule has 0 bridgehead atoms. The Morgan fingerprint density at radius 3 is 2.73 bits per heavy atom. The number of hydrogen-bond acceptors (Lipinski definition) is 3. The van der Waals surface area contributed by atoms with Gasteiger partial charge in [-0.1, -0.05) is 43.0 Å². The number of carbonyl (C=O) groups is 1. The van der Waals surface area contributed by atoms with Crippen molar-refractivity contribution in [2.75, 3.05) is 13.2 Å². The zero-order chi connectivity index (χ0) is 10.9. The summed E-state index contributed by atoms with van der Waals surface area (Å²) in [7, 11) is 0. The summed E-state index contributed by atoms with van der Waals surface area (Å²) in [6.45, 7) is 4.07. The molecule has 3 heteroatoms. The van der Waals surface area contributed by atoms with Crippen LogP contribution < -0.4 is 0 Å². The summed E-state index contributed by atoms with van der Waals surface area (Å²) >= 11 is 0. The lowest BCUT2D eigenvalue weighted by Crippen LogP contribution is -2.12. The summed E-state index contributed by atoms with van der Waals surface area (Å²) < 4.78 is 9.92. The number of ether oxygens (including phenoxy) is 2. The third-order valence-corrected chi connectivity index (χ3v) is 1.69. The highest BCUT2D eigenvalue weighted by molar-refractivity contribution is 5.70. The molecule has 0 unspecified atom stereocenters. The van der Waals surface area contributed by atoms with Crippen LogP contribution >= 0.6 is 0 Å². The van der Waals surface area contributed by atoms with Gasteiger partial charge in [-0.05, 0) is 5.56 Å². The molecule has 0 saturated carbocycles. The van der Waals surface area contributed by atoms with Crippen molar-refractivity contribution in [3.05, 3.63) is 48.6 Å². The molecule has 0 N–H and O–H groups in total. The van der Waals surface area contributed by atoms with Gasteiger partial charge in [0.05, 0.1) is 6.61 Å². The topological polar surface area (TPSA) is 35.5 Å². The van der Waals surface area contributed by atoms with Crippen LogP contribution in [0.15, 0.2) is 43.0 Å². The molecule has 0 aliphatic rings. The first-order valence-corrected chi connectivity index (χ1v) is 4.71. The van der Waals surface area contributed by atoms with Crippen molar-refractivity contribution in [2.45, 2.75) is 6.61 Å². The third-order valence-electron chi connectivity index (χ3n) is 1.69. The van der Waals surface area contributed by atoms with Gasteiger partial charge in [-0.15, -0.1) is 0 Å². The minimum atomic E-state index is -0.370. The fourth-order valence-corrected chi connectivity index (χ4v) is 1.02. The van der Waals surface area contributed by atoms with Gasteiger partial charge >= 0.3 is 5.97 Å². The van der Waals surface area contributed by atoms with Gasteiger partial charge in [0, 0.05) is 0 Å². The Bertz CT molecular complexity index is 306. The first kappa shape index (κ1) is 11.5. The van der Waals surface area contributed by atoms with E-state index in [0.29, 0.717) is 6.61 Å². The van der Waals surface area contributed by atoms with E-state index < -0.39 is 0 Å². The molecule has 1 rings (SSSR count). The average Bonchev–Trinajstić information content (AvgIpc) is 2.28. The van der Waals surface area contributed by atoms with Gasteiger partial charge in [0.25, 0.3) is 0 Å². The van der Waals surface area contributed by atoms with Gasteiger partial charge < -0.3 is 9.47 Å². The molecule has 0 aliphatic heterocycles. The molecule has 1 aromatic carbocycles. The lowest BCUT2D eigenvalue weighted by molar-refractivity contribution is -0.148. The van der Waals surface area contributed by atoms with Gasteiger partial charge in [-0.2, -0.15) is 0 Å².